The van der Waals surface area contributed by atoms with E-state index < -0.39 is 18.1 Å². The molecule has 2 aliphatic carbocycles. The van der Waals surface area contributed by atoms with Crippen LogP contribution in [-0.4, -0.2) is 57.5 Å². The zero-order valence-electron chi connectivity index (χ0n) is 23.4. The van der Waals surface area contributed by atoms with Crippen molar-refractivity contribution in [2.75, 3.05) is 19.8 Å². The van der Waals surface area contributed by atoms with Gasteiger partial charge in [0.15, 0.2) is 5.96 Å². The molecule has 11 heteroatoms. The smallest absolute Gasteiger partial charge is 0.395 e. The first kappa shape index (κ1) is 28.3. The Hall–Kier alpha value is -3.86. The van der Waals surface area contributed by atoms with Gasteiger partial charge in [0.05, 0.1) is 35.4 Å². The Kier molecular flexibility index (Phi) is 7.69. The first-order chi connectivity index (χ1) is 20.2. The molecule has 2 N–H and O–H groups in total. The van der Waals surface area contributed by atoms with Crippen molar-refractivity contribution in [3.63, 3.8) is 0 Å². The summed E-state index contributed by atoms with van der Waals surface area (Å²) < 4.78 is 48.1. The maximum Gasteiger partial charge on any atom is 0.395 e. The van der Waals surface area contributed by atoms with Gasteiger partial charge in [-0.25, -0.2) is 14.5 Å². The van der Waals surface area contributed by atoms with Gasteiger partial charge >= 0.3 is 12.2 Å². The summed E-state index contributed by atoms with van der Waals surface area (Å²) in [4.78, 5) is 25.5. The highest BCUT2D eigenvalue weighted by Crippen LogP contribution is 2.35. The molecule has 1 aromatic heterocycles. The number of para-hydroxylation sites is 1. The van der Waals surface area contributed by atoms with Crippen LogP contribution in [0, 0.1) is 18.8 Å². The molecular formula is C31H34F3N5O3. The highest BCUT2D eigenvalue weighted by atomic mass is 19.4. The molecule has 0 radical (unpaired) electrons. The first-order valence-corrected chi connectivity index (χ1v) is 14.4. The van der Waals surface area contributed by atoms with Gasteiger partial charge in [-0.1, -0.05) is 30.4 Å². The molecular weight excluding hydrogens is 547 g/mol. The van der Waals surface area contributed by atoms with E-state index in [-0.39, 0.29) is 43.7 Å². The molecule has 0 saturated heterocycles. The second-order valence-electron chi connectivity index (χ2n) is 11.4. The summed E-state index contributed by atoms with van der Waals surface area (Å²) in [5.41, 5.74) is 4.11. The highest BCUT2D eigenvalue weighted by molar-refractivity contribution is 5.84. The monoisotopic (exact) mass is 581 g/mol. The van der Waals surface area contributed by atoms with Crippen LogP contribution in [0.15, 0.2) is 69.6 Å². The third-order valence-electron chi connectivity index (χ3n) is 8.40. The van der Waals surface area contributed by atoms with E-state index in [1.165, 1.54) is 16.7 Å². The van der Waals surface area contributed by atoms with Crippen molar-refractivity contribution in [1.82, 2.24) is 19.8 Å². The van der Waals surface area contributed by atoms with Crippen LogP contribution in [0.2, 0.25) is 0 Å². The van der Waals surface area contributed by atoms with Gasteiger partial charge < -0.3 is 20.1 Å². The van der Waals surface area contributed by atoms with Crippen LogP contribution in [-0.2, 0) is 13.0 Å². The molecule has 8 nitrogen and oxygen atoms in total. The Morgan fingerprint density at radius 2 is 2.07 bits per heavy atom. The molecule has 6 rings (SSSR count). The van der Waals surface area contributed by atoms with Crippen LogP contribution >= 0.6 is 0 Å². The van der Waals surface area contributed by atoms with E-state index in [0.717, 1.165) is 30.4 Å². The molecule has 2 aromatic rings. The number of hydrogen-bond acceptors (Lipinski definition) is 7. The molecule has 42 heavy (non-hydrogen) atoms. The Balaban J connectivity index is 1.30. The second-order valence-corrected chi connectivity index (χ2v) is 11.4. The second kappa shape index (κ2) is 11.4. The topological polar surface area (TPSA) is 92.0 Å². The van der Waals surface area contributed by atoms with Crippen LogP contribution in [0.4, 0.5) is 13.2 Å². The Morgan fingerprint density at radius 3 is 2.86 bits per heavy atom. The molecule has 0 fully saturated rings. The minimum Gasteiger partial charge on any atom is -0.460 e. The standard InChI is InChI=1S/C31H34F3N5O3/c1-19-5-2-3-8-27(19)39-28(41)25-16-38(29-35-23-10-9-22(31(32,33)34)14-24(15-23)36-29)12-11-26(25)37-30(39)42-18-21-7-4-6-20(13-21)17-40/h2-3,5,7-10,15,20,22,24,40H,4,6,11-14,16-18H2,1H3,(H,35,36). The third-order valence-corrected chi connectivity index (χ3v) is 8.40. The molecule has 2 aliphatic heterocycles. The van der Waals surface area contributed by atoms with Gasteiger partial charge in [-0.2, -0.15) is 13.2 Å². The average molecular weight is 582 g/mol. The maximum atomic E-state index is 14.1. The molecule has 3 unspecified atom stereocenters. The summed E-state index contributed by atoms with van der Waals surface area (Å²) in [6, 6.07) is 7.14. The number of hydrogen-bond donors (Lipinski definition) is 2. The van der Waals surface area contributed by atoms with Gasteiger partial charge in [0.1, 0.15) is 6.61 Å². The molecule has 4 aliphatic rings. The van der Waals surface area contributed by atoms with E-state index in [9.17, 15) is 23.1 Å². The number of alkyl halides is 3. The molecule has 0 spiro atoms. The first-order valence-electron chi connectivity index (χ1n) is 14.4. The number of rotatable bonds is 5. The number of ether oxygens (including phenoxy) is 1. The molecule has 222 valence electrons. The lowest BCUT2D eigenvalue weighted by atomic mass is 9.90. The van der Waals surface area contributed by atoms with E-state index in [1.54, 1.807) is 6.08 Å². The maximum absolute atomic E-state index is 14.1. The van der Waals surface area contributed by atoms with E-state index in [1.807, 2.05) is 36.1 Å². The van der Waals surface area contributed by atoms with E-state index in [2.05, 4.69) is 16.4 Å². The predicted octanol–water partition coefficient (Wildman–Crippen LogP) is 4.35. The number of aliphatic imine (C=N–C) groups is 1. The minimum atomic E-state index is -4.33. The van der Waals surface area contributed by atoms with Gasteiger partial charge in [-0.05, 0) is 67.9 Å². The van der Waals surface area contributed by atoms with Crippen molar-refractivity contribution in [3.05, 3.63) is 87.0 Å². The number of allylic oxidation sites excluding steroid dienone is 3. The van der Waals surface area contributed by atoms with Gasteiger partial charge in [0, 0.05) is 25.3 Å². The van der Waals surface area contributed by atoms with Crippen molar-refractivity contribution in [3.8, 4) is 11.7 Å². The van der Waals surface area contributed by atoms with Crippen LogP contribution in [0.5, 0.6) is 6.01 Å². The average Bonchev–Trinajstić information content (AvgIpc) is 3.13. The largest absolute Gasteiger partial charge is 0.460 e. The zero-order chi connectivity index (χ0) is 29.4. The third kappa shape index (κ3) is 5.74. The number of aryl methyl sites for hydroxylation is 1. The van der Waals surface area contributed by atoms with E-state index in [0.29, 0.717) is 41.6 Å². The summed E-state index contributed by atoms with van der Waals surface area (Å²) in [5.74, 6) is -0.896. The number of aliphatic hydroxyl groups excluding tert-OH is 1. The van der Waals surface area contributed by atoms with Crippen LogP contribution < -0.4 is 15.6 Å². The summed E-state index contributed by atoms with van der Waals surface area (Å²) in [6.45, 7) is 3.05. The Bertz CT molecular complexity index is 1540. The number of halogens is 3. The van der Waals surface area contributed by atoms with Crippen LogP contribution in [0.1, 0.15) is 42.5 Å². The lowest BCUT2D eigenvalue weighted by Crippen LogP contribution is -2.47. The van der Waals surface area contributed by atoms with E-state index in [4.69, 9.17) is 9.72 Å². The molecule has 0 saturated carbocycles. The fourth-order valence-corrected chi connectivity index (χ4v) is 6.05. The van der Waals surface area contributed by atoms with Crippen molar-refractivity contribution in [2.45, 2.75) is 57.8 Å². The number of nitrogens with one attached hydrogen (secondary N) is 1. The molecule has 3 heterocycles. The van der Waals surface area contributed by atoms with Gasteiger partial charge in [0.2, 0.25) is 0 Å². The van der Waals surface area contributed by atoms with Crippen molar-refractivity contribution < 1.29 is 23.0 Å². The number of aromatic nitrogens is 2. The summed E-state index contributed by atoms with van der Waals surface area (Å²) in [7, 11) is 0. The zero-order valence-corrected chi connectivity index (χ0v) is 23.4. The summed E-state index contributed by atoms with van der Waals surface area (Å²) >= 11 is 0. The predicted molar refractivity (Wildman–Crippen MR) is 152 cm³/mol. The summed E-state index contributed by atoms with van der Waals surface area (Å²) in [6.07, 6.45) is 5.03. The van der Waals surface area contributed by atoms with Gasteiger partial charge in [-0.15, -0.1) is 0 Å². The highest BCUT2D eigenvalue weighted by Gasteiger charge is 2.40. The van der Waals surface area contributed by atoms with Gasteiger partial charge in [0.25, 0.3) is 5.56 Å². The quantitative estimate of drug-likeness (QED) is 0.511. The lowest BCUT2D eigenvalue weighted by Gasteiger charge is -2.34. The number of aliphatic hydroxyl groups is 1. The molecule has 0 amide bonds. The van der Waals surface area contributed by atoms with Crippen molar-refractivity contribution >= 4 is 5.96 Å². The number of nitrogens with zero attached hydrogens (tertiary/aromatic N) is 4. The summed E-state index contributed by atoms with van der Waals surface area (Å²) in [5, 5.41) is 12.8. The van der Waals surface area contributed by atoms with Crippen molar-refractivity contribution in [1.29, 1.82) is 0 Å². The molecule has 2 bridgehead atoms. The Morgan fingerprint density at radius 1 is 1.24 bits per heavy atom. The molecule has 3 atom stereocenters. The number of fused-ring (bicyclic) bond motifs is 2. The normalized spacial score (nSPS) is 23.7. The molecule has 1 aromatic carbocycles. The fourth-order valence-electron chi connectivity index (χ4n) is 6.05. The minimum absolute atomic E-state index is 0.135. The lowest BCUT2D eigenvalue weighted by molar-refractivity contribution is -0.162. The van der Waals surface area contributed by atoms with Crippen molar-refractivity contribution in [2.24, 2.45) is 16.8 Å². The Labute approximate surface area is 241 Å². The van der Waals surface area contributed by atoms with Crippen LogP contribution in [0.25, 0.3) is 5.69 Å². The van der Waals surface area contributed by atoms with E-state index >= 15 is 0 Å². The number of guanidine groups is 1. The van der Waals surface area contributed by atoms with Gasteiger partial charge in [-0.3, -0.25) is 4.79 Å². The fraction of sp³-hybridized carbons (Fsp3) is 0.452. The SMILES string of the molecule is Cc1ccccc1-n1c(OCC2=CCCC(CO)C2)nc2c(c1=O)CN(C1=NC3C=C(C=CC(C(F)(F)F)C3)N1)CC2. The number of benzene rings is 1. The van der Waals surface area contributed by atoms with Crippen LogP contribution in [0.3, 0.4) is 0 Å².